The summed E-state index contributed by atoms with van der Waals surface area (Å²) < 4.78 is 0. The Kier molecular flexibility index (Phi) is 2.62. The number of nitro benzene ring substituents is 1. The maximum atomic E-state index is 10.5. The molecule has 0 unspecified atom stereocenters. The minimum absolute atomic E-state index is 0.148. The highest BCUT2D eigenvalue weighted by Gasteiger charge is 2.17. The van der Waals surface area contributed by atoms with E-state index in [9.17, 15) is 15.2 Å². The highest BCUT2D eigenvalue weighted by molar-refractivity contribution is 5.43. The molecule has 0 aliphatic carbocycles. The molecule has 66 valence electrons. The van der Waals surface area contributed by atoms with E-state index in [1.165, 1.54) is 18.2 Å². The summed E-state index contributed by atoms with van der Waals surface area (Å²) in [4.78, 5) is 9.89. The number of nitrogens with zero attached hydrogens (tertiary/aromatic N) is 1. The van der Waals surface area contributed by atoms with Crippen LogP contribution in [-0.2, 0) is 0 Å². The molecule has 0 fully saturated rings. The van der Waals surface area contributed by atoms with Crippen LogP contribution in [0.5, 0.6) is 0 Å². The first-order valence-electron chi connectivity index (χ1n) is 3.54. The average Bonchev–Trinajstić information content (AvgIpc) is 2.16. The van der Waals surface area contributed by atoms with Crippen molar-refractivity contribution in [2.45, 2.75) is 6.10 Å². The van der Waals surface area contributed by atoms with Crippen molar-refractivity contribution >= 4 is 5.69 Å². The van der Waals surface area contributed by atoms with Gasteiger partial charge in [0, 0.05) is 6.07 Å². The Balaban J connectivity index is 3.21. The predicted octanol–water partition coefficient (Wildman–Crippen LogP) is 1.26. The van der Waals surface area contributed by atoms with Crippen LogP contribution in [0.25, 0.3) is 0 Å². The first-order valence-corrected chi connectivity index (χ1v) is 3.54. The Labute approximate surface area is 75.0 Å². The molecule has 0 aromatic heterocycles. The van der Waals surface area contributed by atoms with Crippen molar-refractivity contribution in [1.29, 1.82) is 0 Å². The maximum Gasteiger partial charge on any atom is 0.276 e. The van der Waals surface area contributed by atoms with Gasteiger partial charge in [-0.15, -0.1) is 6.42 Å². The highest BCUT2D eigenvalue weighted by atomic mass is 16.6. The Hall–Kier alpha value is -1.86. The van der Waals surface area contributed by atoms with E-state index in [1.807, 2.05) is 5.92 Å². The molecule has 0 aliphatic heterocycles. The van der Waals surface area contributed by atoms with E-state index in [2.05, 4.69) is 0 Å². The fraction of sp³-hybridized carbons (Fsp3) is 0.111. The summed E-state index contributed by atoms with van der Waals surface area (Å²) in [5.74, 6) is 2.03. The van der Waals surface area contributed by atoms with Crippen LogP contribution >= 0.6 is 0 Å². The number of nitro groups is 1. The number of rotatable bonds is 2. The number of aliphatic hydroxyl groups is 1. The molecule has 1 aromatic carbocycles. The Morgan fingerprint density at radius 3 is 2.69 bits per heavy atom. The van der Waals surface area contributed by atoms with Gasteiger partial charge in [-0.2, -0.15) is 0 Å². The zero-order valence-electron chi connectivity index (χ0n) is 6.68. The largest absolute Gasteiger partial charge is 0.376 e. The Morgan fingerprint density at radius 1 is 1.54 bits per heavy atom. The second kappa shape index (κ2) is 3.70. The van der Waals surface area contributed by atoms with E-state index in [-0.39, 0.29) is 11.3 Å². The molecule has 0 saturated heterocycles. The van der Waals surface area contributed by atoms with Gasteiger partial charge < -0.3 is 5.11 Å². The van der Waals surface area contributed by atoms with Crippen LogP contribution in [0.15, 0.2) is 24.3 Å². The lowest BCUT2D eigenvalue weighted by molar-refractivity contribution is -0.386. The number of hydrogen-bond donors (Lipinski definition) is 1. The van der Waals surface area contributed by atoms with Crippen molar-refractivity contribution in [3.8, 4) is 12.3 Å². The van der Waals surface area contributed by atoms with Gasteiger partial charge in [0.25, 0.3) is 5.69 Å². The second-order valence-electron chi connectivity index (χ2n) is 2.39. The van der Waals surface area contributed by atoms with Gasteiger partial charge in [-0.3, -0.25) is 10.1 Å². The lowest BCUT2D eigenvalue weighted by Gasteiger charge is -2.03. The van der Waals surface area contributed by atoms with E-state index in [1.54, 1.807) is 6.07 Å². The van der Waals surface area contributed by atoms with E-state index in [4.69, 9.17) is 6.42 Å². The SMILES string of the molecule is C#C[C@@H](O)c1ccccc1[N+](=O)[O-]. The van der Waals surface area contributed by atoms with Crippen molar-refractivity contribution < 1.29 is 10.0 Å². The first kappa shape index (κ1) is 9.23. The third-order valence-electron chi connectivity index (χ3n) is 1.59. The van der Waals surface area contributed by atoms with Crippen LogP contribution in [0, 0.1) is 22.5 Å². The molecule has 4 heteroatoms. The summed E-state index contributed by atoms with van der Waals surface area (Å²) in [5.41, 5.74) is -0.0112. The number of aliphatic hydroxyl groups excluding tert-OH is 1. The summed E-state index contributed by atoms with van der Waals surface area (Å²) in [6.45, 7) is 0. The van der Waals surface area contributed by atoms with Gasteiger partial charge >= 0.3 is 0 Å². The van der Waals surface area contributed by atoms with E-state index in [0.717, 1.165) is 0 Å². The minimum atomic E-state index is -1.22. The topological polar surface area (TPSA) is 63.4 Å². The van der Waals surface area contributed by atoms with Gasteiger partial charge in [-0.05, 0) is 6.07 Å². The van der Waals surface area contributed by atoms with Crippen LogP contribution in [0.2, 0.25) is 0 Å². The summed E-state index contributed by atoms with van der Waals surface area (Å²) in [5, 5.41) is 19.7. The van der Waals surface area contributed by atoms with E-state index >= 15 is 0 Å². The molecule has 0 aliphatic rings. The van der Waals surface area contributed by atoms with Gasteiger partial charge in [-0.25, -0.2) is 0 Å². The zero-order valence-corrected chi connectivity index (χ0v) is 6.68. The third-order valence-corrected chi connectivity index (χ3v) is 1.59. The third kappa shape index (κ3) is 1.83. The van der Waals surface area contributed by atoms with Crippen molar-refractivity contribution in [3.63, 3.8) is 0 Å². The molecular weight excluding hydrogens is 170 g/mol. The lowest BCUT2D eigenvalue weighted by Crippen LogP contribution is -1.99. The van der Waals surface area contributed by atoms with Crippen LogP contribution in [0.4, 0.5) is 5.69 Å². The van der Waals surface area contributed by atoms with Crippen molar-refractivity contribution in [1.82, 2.24) is 0 Å². The molecule has 0 amide bonds. The molecule has 0 heterocycles. The van der Waals surface area contributed by atoms with Crippen LogP contribution in [0.1, 0.15) is 11.7 Å². The van der Waals surface area contributed by atoms with Crippen LogP contribution < -0.4 is 0 Å². The molecule has 13 heavy (non-hydrogen) atoms. The summed E-state index contributed by atoms with van der Waals surface area (Å²) in [6.07, 6.45) is 3.73. The van der Waals surface area contributed by atoms with Crippen molar-refractivity contribution in [2.75, 3.05) is 0 Å². The Bertz CT molecular complexity index is 367. The van der Waals surface area contributed by atoms with Crippen molar-refractivity contribution in [3.05, 3.63) is 39.9 Å². The van der Waals surface area contributed by atoms with Gasteiger partial charge in [0.05, 0.1) is 10.5 Å². The van der Waals surface area contributed by atoms with Gasteiger partial charge in [-0.1, -0.05) is 18.1 Å². The number of para-hydroxylation sites is 1. The molecule has 0 bridgehead atoms. The maximum absolute atomic E-state index is 10.5. The predicted molar refractivity (Wildman–Crippen MR) is 46.9 cm³/mol. The van der Waals surface area contributed by atoms with Crippen molar-refractivity contribution in [2.24, 2.45) is 0 Å². The van der Waals surface area contributed by atoms with Gasteiger partial charge in [0.1, 0.15) is 6.10 Å². The molecule has 0 spiro atoms. The summed E-state index contributed by atoms with van der Waals surface area (Å²) >= 11 is 0. The smallest absolute Gasteiger partial charge is 0.276 e. The molecule has 1 rings (SSSR count). The monoisotopic (exact) mass is 177 g/mol. The molecular formula is C9H7NO3. The fourth-order valence-electron chi connectivity index (χ4n) is 0.975. The highest BCUT2D eigenvalue weighted by Crippen LogP contribution is 2.23. The van der Waals surface area contributed by atoms with Gasteiger partial charge in [0.2, 0.25) is 0 Å². The normalized spacial score (nSPS) is 11.7. The molecule has 4 nitrogen and oxygen atoms in total. The molecule has 0 saturated carbocycles. The fourth-order valence-corrected chi connectivity index (χ4v) is 0.975. The second-order valence-corrected chi connectivity index (χ2v) is 2.39. The number of hydrogen-bond acceptors (Lipinski definition) is 3. The molecule has 1 N–H and O–H groups in total. The quantitative estimate of drug-likeness (QED) is 0.420. The molecule has 1 aromatic rings. The standard InChI is InChI=1S/C9H7NO3/c1-2-9(11)7-5-3-4-6-8(7)10(12)13/h1,3-6,9,11H/t9-/m1/s1. The number of terminal acetylenes is 1. The van der Waals surface area contributed by atoms with Crippen LogP contribution in [-0.4, -0.2) is 10.0 Å². The lowest BCUT2D eigenvalue weighted by atomic mass is 10.1. The van der Waals surface area contributed by atoms with E-state index < -0.39 is 11.0 Å². The number of benzene rings is 1. The summed E-state index contributed by atoms with van der Waals surface area (Å²) in [6, 6.07) is 5.84. The van der Waals surface area contributed by atoms with Crippen LogP contribution in [0.3, 0.4) is 0 Å². The molecule has 0 radical (unpaired) electrons. The zero-order chi connectivity index (χ0) is 9.84. The molecule has 1 atom stereocenters. The Morgan fingerprint density at radius 2 is 2.15 bits per heavy atom. The minimum Gasteiger partial charge on any atom is -0.376 e. The van der Waals surface area contributed by atoms with Gasteiger partial charge in [0.15, 0.2) is 0 Å². The first-order chi connectivity index (χ1) is 6.16. The average molecular weight is 177 g/mol. The summed E-state index contributed by atoms with van der Waals surface area (Å²) in [7, 11) is 0. The van der Waals surface area contributed by atoms with E-state index in [0.29, 0.717) is 0 Å².